The molecule has 0 aliphatic heterocycles. The van der Waals surface area contributed by atoms with E-state index >= 15 is 0 Å². The van der Waals surface area contributed by atoms with Crippen LogP contribution in [0.25, 0.3) is 0 Å². The summed E-state index contributed by atoms with van der Waals surface area (Å²) in [5.41, 5.74) is 0. The largest absolute Gasteiger partial charge is 0.269 e. The van der Waals surface area contributed by atoms with Gasteiger partial charge in [-0.15, -0.1) is 26.3 Å². The van der Waals surface area contributed by atoms with Crippen molar-refractivity contribution >= 4 is 0 Å². The minimum Gasteiger partial charge on any atom is -0.269 e. The molecule has 0 aromatic carbocycles. The second-order valence-electron chi connectivity index (χ2n) is 0. The monoisotopic (exact) mass is 196 g/mol. The third-order valence-electron chi connectivity index (χ3n) is 0. The third-order valence-corrected chi connectivity index (χ3v) is 0. The van der Waals surface area contributed by atoms with Gasteiger partial charge in [-0.2, -0.15) is 0 Å². The van der Waals surface area contributed by atoms with Crippen LogP contribution >= 0.6 is 0 Å². The van der Waals surface area contributed by atoms with Crippen molar-refractivity contribution in [1.29, 1.82) is 0 Å². The maximum absolute atomic E-state index is 3.00. The molecule has 0 aliphatic rings. The van der Waals surface area contributed by atoms with Crippen molar-refractivity contribution in [2.75, 3.05) is 0 Å². The molecule has 0 saturated carbocycles. The summed E-state index contributed by atoms with van der Waals surface area (Å²) in [4.78, 5) is 0. The van der Waals surface area contributed by atoms with E-state index in [4.69, 9.17) is 0 Å². The molecule has 11 heavy (non-hydrogen) atoms. The average Bonchev–Trinajstić information content (AvgIpc) is 1.50. The van der Waals surface area contributed by atoms with E-state index in [0.717, 1.165) is 0 Å². The van der Waals surface area contributed by atoms with Crippen LogP contribution in [0.2, 0.25) is 0 Å². The van der Waals surface area contributed by atoms with Crippen molar-refractivity contribution in [2.45, 2.75) is 0 Å². The summed E-state index contributed by atoms with van der Waals surface area (Å²) >= 11 is 0. The van der Waals surface area contributed by atoms with Gasteiger partial charge in [0.05, 0.1) is 0 Å². The first-order chi connectivity index (χ1) is 2.00. The lowest BCUT2D eigenvalue weighted by molar-refractivity contribution is 1.11. The Morgan fingerprint density at radius 3 is 0.273 bits per heavy atom. The van der Waals surface area contributed by atoms with Crippen LogP contribution in [0.1, 0.15) is 0 Å². The van der Waals surface area contributed by atoms with Crippen LogP contribution in [0.3, 0.4) is 0 Å². The molecule has 0 bridgehead atoms. The van der Waals surface area contributed by atoms with Gasteiger partial charge in [0.2, 0.25) is 0 Å². The summed E-state index contributed by atoms with van der Waals surface area (Å²) in [6.45, 7) is 12.0. The molecular formula is C4H15F7. The topological polar surface area (TPSA) is 0 Å². The number of hydrogen-bond acceptors (Lipinski definition) is 0. The zero-order valence-corrected chi connectivity index (χ0v) is 5.69. The molecule has 0 radical (unpaired) electrons. The van der Waals surface area contributed by atoms with Crippen molar-refractivity contribution in [2.24, 2.45) is 0 Å². The molecule has 0 spiro atoms. The molecule has 0 amide bonds. The van der Waals surface area contributed by atoms with Gasteiger partial charge in [0, 0.05) is 0 Å². The van der Waals surface area contributed by atoms with E-state index in [1.165, 1.54) is 0 Å². The van der Waals surface area contributed by atoms with Crippen molar-refractivity contribution in [3.05, 3.63) is 26.3 Å². The van der Waals surface area contributed by atoms with E-state index in [1.807, 2.05) is 0 Å². The highest BCUT2D eigenvalue weighted by atomic mass is 19.0. The summed E-state index contributed by atoms with van der Waals surface area (Å²) < 4.78 is 0. The molecule has 80 valence electrons. The summed E-state index contributed by atoms with van der Waals surface area (Å²) in [6.07, 6.45) is 0. The predicted octanol–water partition coefficient (Wildman–Crippen LogP) is 2.67. The zero-order chi connectivity index (χ0) is 4.00. The van der Waals surface area contributed by atoms with Crippen LogP contribution < -0.4 is 0 Å². The van der Waals surface area contributed by atoms with Crippen LogP contribution in [0.5, 0.6) is 0 Å². The molecule has 0 saturated heterocycles. The average molecular weight is 196 g/mol. The minimum atomic E-state index is 0. The molecule has 7 heteroatoms. The van der Waals surface area contributed by atoms with Crippen LogP contribution in [-0.2, 0) is 0 Å². The van der Waals surface area contributed by atoms with E-state index in [-0.39, 0.29) is 32.9 Å². The highest BCUT2D eigenvalue weighted by molar-refractivity contribution is 4.22. The second kappa shape index (κ2) is 563. The normalized spacial score (nSPS) is 0.727. The third kappa shape index (κ3) is 431. The predicted molar refractivity (Wildman–Crippen MR) is 40.0 cm³/mol. The van der Waals surface area contributed by atoms with E-state index < -0.39 is 0 Å². The molecule has 0 nitrogen and oxygen atoms in total. The van der Waals surface area contributed by atoms with Crippen LogP contribution in [0.15, 0.2) is 26.3 Å². The summed E-state index contributed by atoms with van der Waals surface area (Å²) in [7, 11) is 0. The van der Waals surface area contributed by atoms with E-state index in [9.17, 15) is 0 Å². The van der Waals surface area contributed by atoms with Gasteiger partial charge in [-0.25, -0.2) is 0 Å². The second-order valence-corrected chi connectivity index (χ2v) is 0. The number of halogens is 7. The fourth-order valence-electron chi connectivity index (χ4n) is 0. The Hall–Kier alpha value is -1.01. The lowest BCUT2D eigenvalue weighted by Gasteiger charge is -0.813. The van der Waals surface area contributed by atoms with Crippen molar-refractivity contribution in [3.63, 3.8) is 0 Å². The molecule has 0 atom stereocenters. The molecule has 0 aromatic rings. The van der Waals surface area contributed by atoms with Crippen molar-refractivity contribution in [1.82, 2.24) is 0 Å². The van der Waals surface area contributed by atoms with Crippen LogP contribution in [0, 0.1) is 0 Å². The van der Waals surface area contributed by atoms with Gasteiger partial charge in [-0.3, -0.25) is 32.9 Å². The van der Waals surface area contributed by atoms with Gasteiger partial charge in [0.25, 0.3) is 0 Å². The standard InChI is InChI=1S/2C2H4.7FH/c2*1-2;;;;;;;/h2*1-2H2;7*1H. The van der Waals surface area contributed by atoms with Crippen molar-refractivity contribution in [3.8, 4) is 0 Å². The highest BCUT2D eigenvalue weighted by Gasteiger charge is 0.603. The molecule has 0 fully saturated rings. The van der Waals surface area contributed by atoms with Gasteiger partial charge in [-0.1, -0.05) is 0 Å². The Labute approximate surface area is 60.6 Å². The van der Waals surface area contributed by atoms with Gasteiger partial charge >= 0.3 is 0 Å². The number of rotatable bonds is 0. The first-order valence-corrected chi connectivity index (χ1v) is 1.000. The first-order valence-electron chi connectivity index (χ1n) is 1.000. The fourth-order valence-corrected chi connectivity index (χ4v) is 0. The van der Waals surface area contributed by atoms with Crippen LogP contribution in [-0.4, -0.2) is 0 Å². The Kier molecular flexibility index (Phi) is 42100. The van der Waals surface area contributed by atoms with E-state index in [1.54, 1.807) is 0 Å². The van der Waals surface area contributed by atoms with Gasteiger partial charge in [-0.05, 0) is 0 Å². The maximum Gasteiger partial charge on any atom is -0.106 e. The highest BCUT2D eigenvalue weighted by Crippen LogP contribution is 0.864. The lowest BCUT2D eigenvalue weighted by Crippen LogP contribution is -0.552. The minimum absolute atomic E-state index is 0. The Balaban J connectivity index is -0.000000000635. The van der Waals surface area contributed by atoms with Gasteiger partial charge < -0.3 is 0 Å². The van der Waals surface area contributed by atoms with Crippen molar-refractivity contribution < 1.29 is 32.9 Å². The zero-order valence-electron chi connectivity index (χ0n) is 5.69. The maximum atomic E-state index is 3.00. The van der Waals surface area contributed by atoms with Crippen LogP contribution in [0.4, 0.5) is 32.9 Å². The summed E-state index contributed by atoms with van der Waals surface area (Å²) in [6, 6.07) is 0. The van der Waals surface area contributed by atoms with E-state index in [0.29, 0.717) is 0 Å². The Morgan fingerprint density at radius 2 is 0.273 bits per heavy atom. The smallest absolute Gasteiger partial charge is 0.106 e. The summed E-state index contributed by atoms with van der Waals surface area (Å²) in [5, 5.41) is 0. The van der Waals surface area contributed by atoms with Gasteiger partial charge in [0.15, 0.2) is 0 Å². The molecule has 0 heterocycles. The number of hydrogen-bond donors (Lipinski definition) is 0. The molecule has 0 aliphatic carbocycles. The molecule has 0 aromatic heterocycles. The Bertz CT molecular complexity index is 12.4. The van der Waals surface area contributed by atoms with Gasteiger partial charge in [0.1, 0.15) is 0 Å². The lowest BCUT2D eigenvalue weighted by atomic mass is 11.3. The molecular weight excluding hydrogens is 181 g/mol. The summed E-state index contributed by atoms with van der Waals surface area (Å²) in [5.74, 6) is 0. The SMILES string of the molecule is C=C.C=C.F.F.F.F.F.F.F. The quantitative estimate of drug-likeness (QED) is 0.412. The first kappa shape index (κ1) is 824. The molecule has 0 rings (SSSR count). The molecule has 0 unspecified atom stereocenters. The Morgan fingerprint density at radius 1 is 0.273 bits per heavy atom. The van der Waals surface area contributed by atoms with E-state index in [2.05, 4.69) is 26.3 Å². The molecule has 0 N–H and O–H groups in total. The fraction of sp³-hybridized carbons (Fsp3) is 0.